The van der Waals surface area contributed by atoms with Crippen molar-refractivity contribution < 1.29 is 14.4 Å². The Hall–Kier alpha value is -2.39. The fourth-order valence-corrected chi connectivity index (χ4v) is 4.34. The van der Waals surface area contributed by atoms with Crippen LogP contribution >= 0.6 is 35.8 Å². The molecule has 10 heteroatoms. The van der Waals surface area contributed by atoms with Crippen LogP contribution in [-0.2, 0) is 9.59 Å². The van der Waals surface area contributed by atoms with E-state index in [0.717, 1.165) is 0 Å². The van der Waals surface area contributed by atoms with E-state index in [1.54, 1.807) is 53.4 Å². The van der Waals surface area contributed by atoms with Gasteiger partial charge in [0.05, 0.1) is 5.69 Å². The highest BCUT2D eigenvalue weighted by Crippen LogP contribution is 2.32. The van der Waals surface area contributed by atoms with Gasteiger partial charge in [0.25, 0.3) is 0 Å². The number of ketones is 1. The fraction of sp³-hybridized carbons (Fsp3) is 0.304. The average molecular weight is 509 g/mol. The molecule has 0 aliphatic carbocycles. The number of halogens is 2. The van der Waals surface area contributed by atoms with Crippen molar-refractivity contribution in [2.75, 3.05) is 32.5 Å². The number of hydrogen-bond acceptors (Lipinski definition) is 6. The molecular formula is C23H26Cl2N4O3S. The van der Waals surface area contributed by atoms with Crippen molar-refractivity contribution in [1.29, 1.82) is 0 Å². The molecule has 0 aromatic heterocycles. The predicted molar refractivity (Wildman–Crippen MR) is 137 cm³/mol. The van der Waals surface area contributed by atoms with E-state index < -0.39 is 5.25 Å². The predicted octanol–water partition coefficient (Wildman–Crippen LogP) is 4.49. The van der Waals surface area contributed by atoms with Gasteiger partial charge >= 0.3 is 0 Å². The van der Waals surface area contributed by atoms with Crippen LogP contribution in [0.5, 0.6) is 0 Å². The van der Waals surface area contributed by atoms with Crippen LogP contribution in [0.3, 0.4) is 0 Å². The van der Waals surface area contributed by atoms with Gasteiger partial charge in [-0.25, -0.2) is 4.99 Å². The normalized spacial score (nSPS) is 16.8. The zero-order valence-corrected chi connectivity index (χ0v) is 21.0. The van der Waals surface area contributed by atoms with E-state index >= 15 is 0 Å². The number of carbonyl (C=O) groups excluding carboxylic acids is 3. The van der Waals surface area contributed by atoms with Crippen molar-refractivity contribution in [3.05, 3.63) is 59.1 Å². The molecular weight excluding hydrogens is 483 g/mol. The maximum absolute atomic E-state index is 13.0. The SMILES string of the molecule is CC(=O)c1ccc(NC(=O)CC2SC(=Nc3ccc(Cl)cc3)N(CCN(C)C)C2=O)cc1.Cl. The number of thioether (sulfide) groups is 1. The Morgan fingerprint density at radius 2 is 1.76 bits per heavy atom. The van der Waals surface area contributed by atoms with Crippen molar-refractivity contribution in [2.24, 2.45) is 4.99 Å². The first kappa shape index (κ1) is 26.9. The number of amides is 2. The summed E-state index contributed by atoms with van der Waals surface area (Å²) in [7, 11) is 3.87. The number of amidine groups is 1. The Labute approximate surface area is 209 Å². The molecule has 0 saturated carbocycles. The van der Waals surface area contributed by atoms with E-state index in [9.17, 15) is 14.4 Å². The lowest BCUT2D eigenvalue weighted by atomic mass is 10.1. The molecule has 0 spiro atoms. The molecule has 176 valence electrons. The van der Waals surface area contributed by atoms with E-state index in [1.807, 2.05) is 19.0 Å². The molecule has 1 heterocycles. The number of nitrogens with one attached hydrogen (secondary N) is 1. The number of likely N-dealkylation sites (N-methyl/N-ethyl adjacent to an activating group) is 1. The molecule has 2 amide bonds. The smallest absolute Gasteiger partial charge is 0.242 e. The van der Waals surface area contributed by atoms with Crippen LogP contribution in [0.25, 0.3) is 0 Å². The van der Waals surface area contributed by atoms with Crippen LogP contribution < -0.4 is 5.32 Å². The number of carbonyl (C=O) groups is 3. The minimum Gasteiger partial charge on any atom is -0.326 e. The average Bonchev–Trinajstić information content (AvgIpc) is 3.02. The molecule has 2 aromatic carbocycles. The second-order valence-electron chi connectivity index (χ2n) is 7.66. The molecule has 33 heavy (non-hydrogen) atoms. The van der Waals surface area contributed by atoms with Gasteiger partial charge in [0.1, 0.15) is 5.25 Å². The lowest BCUT2D eigenvalue weighted by molar-refractivity contribution is -0.128. The number of aliphatic imine (C=N–C) groups is 1. The van der Waals surface area contributed by atoms with Crippen molar-refractivity contribution >= 4 is 69.9 Å². The summed E-state index contributed by atoms with van der Waals surface area (Å²) in [4.78, 5) is 45.3. The largest absolute Gasteiger partial charge is 0.326 e. The Kier molecular flexibility index (Phi) is 9.91. The molecule has 3 rings (SSSR count). The van der Waals surface area contributed by atoms with Gasteiger partial charge in [0.2, 0.25) is 11.8 Å². The van der Waals surface area contributed by atoms with Gasteiger partial charge in [-0.3, -0.25) is 19.3 Å². The number of Topliss-reactive ketones (excluding diaryl/α,β-unsaturated/α-hetero) is 1. The molecule has 7 nitrogen and oxygen atoms in total. The molecule has 1 unspecified atom stereocenters. The van der Waals surface area contributed by atoms with Crippen molar-refractivity contribution in [2.45, 2.75) is 18.6 Å². The van der Waals surface area contributed by atoms with Gasteiger partial charge in [0, 0.05) is 35.8 Å². The van der Waals surface area contributed by atoms with Gasteiger partial charge in [-0.1, -0.05) is 23.4 Å². The van der Waals surface area contributed by atoms with Crippen molar-refractivity contribution in [3.8, 4) is 0 Å². The Balaban J connectivity index is 0.00000385. The molecule has 1 saturated heterocycles. The van der Waals surface area contributed by atoms with Gasteiger partial charge in [0.15, 0.2) is 11.0 Å². The summed E-state index contributed by atoms with van der Waals surface area (Å²) in [6, 6.07) is 13.7. The van der Waals surface area contributed by atoms with E-state index in [4.69, 9.17) is 11.6 Å². The summed E-state index contributed by atoms with van der Waals surface area (Å²) in [6.45, 7) is 2.64. The topological polar surface area (TPSA) is 82.1 Å². The van der Waals surface area contributed by atoms with Crippen LogP contribution in [0.2, 0.25) is 5.02 Å². The van der Waals surface area contributed by atoms with Crippen LogP contribution in [0, 0.1) is 0 Å². The Morgan fingerprint density at radius 1 is 1.12 bits per heavy atom. The monoisotopic (exact) mass is 508 g/mol. The Morgan fingerprint density at radius 3 is 2.33 bits per heavy atom. The van der Waals surface area contributed by atoms with Gasteiger partial charge in [-0.05, 0) is 69.6 Å². The summed E-state index contributed by atoms with van der Waals surface area (Å²) < 4.78 is 0. The quantitative estimate of drug-likeness (QED) is 0.531. The number of hydrogen-bond donors (Lipinski definition) is 1. The van der Waals surface area contributed by atoms with Crippen LogP contribution in [0.1, 0.15) is 23.7 Å². The van der Waals surface area contributed by atoms with Crippen LogP contribution in [-0.4, -0.2) is 65.0 Å². The molecule has 2 aromatic rings. The standard InChI is InChI=1S/C23H25ClN4O3S.ClH/c1-15(29)16-4-8-18(9-5-16)25-21(30)14-20-22(31)28(13-12-27(2)3)23(32-20)26-19-10-6-17(24)7-11-19;/h4-11,20H,12-14H2,1-3H3,(H,25,30);1H. The molecule has 1 fully saturated rings. The summed E-state index contributed by atoms with van der Waals surface area (Å²) in [5, 5.41) is 3.42. The van der Waals surface area contributed by atoms with E-state index in [0.29, 0.717) is 40.2 Å². The first-order valence-corrected chi connectivity index (χ1v) is 11.4. The molecule has 1 atom stereocenters. The molecule has 0 radical (unpaired) electrons. The molecule has 1 aliphatic heterocycles. The first-order chi connectivity index (χ1) is 15.2. The maximum Gasteiger partial charge on any atom is 0.242 e. The minimum atomic E-state index is -0.556. The Bertz CT molecular complexity index is 1030. The summed E-state index contributed by atoms with van der Waals surface area (Å²) in [5.74, 6) is -0.445. The number of nitrogens with zero attached hydrogens (tertiary/aromatic N) is 3. The van der Waals surface area contributed by atoms with Crippen molar-refractivity contribution in [1.82, 2.24) is 9.80 Å². The third-order valence-electron chi connectivity index (χ3n) is 4.79. The molecule has 0 bridgehead atoms. The van der Waals surface area contributed by atoms with Gasteiger partial charge in [-0.15, -0.1) is 12.4 Å². The second-order valence-corrected chi connectivity index (χ2v) is 9.26. The van der Waals surface area contributed by atoms with Gasteiger partial charge in [-0.2, -0.15) is 0 Å². The molecule has 1 N–H and O–H groups in total. The number of benzene rings is 2. The summed E-state index contributed by atoms with van der Waals surface area (Å²) >= 11 is 7.24. The van der Waals surface area contributed by atoms with Gasteiger partial charge < -0.3 is 10.2 Å². The van der Waals surface area contributed by atoms with Crippen LogP contribution in [0.15, 0.2) is 53.5 Å². The van der Waals surface area contributed by atoms with E-state index in [2.05, 4.69) is 10.3 Å². The third-order valence-corrected chi connectivity index (χ3v) is 6.22. The highest BCUT2D eigenvalue weighted by Gasteiger charge is 2.39. The maximum atomic E-state index is 13.0. The fourth-order valence-electron chi connectivity index (χ4n) is 3.03. The number of anilines is 1. The summed E-state index contributed by atoms with van der Waals surface area (Å²) in [5.41, 5.74) is 1.84. The van der Waals surface area contributed by atoms with Crippen LogP contribution in [0.4, 0.5) is 11.4 Å². The number of rotatable bonds is 8. The van der Waals surface area contributed by atoms with E-state index in [-0.39, 0.29) is 36.4 Å². The lowest BCUT2D eigenvalue weighted by Gasteiger charge is -2.19. The highest BCUT2D eigenvalue weighted by molar-refractivity contribution is 8.15. The second kappa shape index (κ2) is 12.2. The lowest BCUT2D eigenvalue weighted by Crippen LogP contribution is -2.38. The third kappa shape index (κ3) is 7.57. The molecule has 1 aliphatic rings. The highest BCUT2D eigenvalue weighted by atomic mass is 35.5. The summed E-state index contributed by atoms with van der Waals surface area (Å²) in [6.07, 6.45) is 0.0239. The van der Waals surface area contributed by atoms with E-state index in [1.165, 1.54) is 18.7 Å². The van der Waals surface area contributed by atoms with Crippen molar-refractivity contribution in [3.63, 3.8) is 0 Å². The zero-order valence-electron chi connectivity index (χ0n) is 18.6. The first-order valence-electron chi connectivity index (χ1n) is 10.1. The zero-order chi connectivity index (χ0) is 23.3. The minimum absolute atomic E-state index is 0.